The summed E-state index contributed by atoms with van der Waals surface area (Å²) in [4.78, 5) is 24.4. The zero-order chi connectivity index (χ0) is 25.8. The zero-order valence-corrected chi connectivity index (χ0v) is 19.6. The van der Waals surface area contributed by atoms with Gasteiger partial charge in [-0.1, -0.05) is 78.9 Å². The van der Waals surface area contributed by atoms with Gasteiger partial charge in [0.05, 0.1) is 12.8 Å². The van der Waals surface area contributed by atoms with E-state index >= 15 is 0 Å². The topological polar surface area (TPSA) is 117 Å². The molecule has 3 aromatic carbocycles. The number of carbonyl (C=O) groups excluding carboxylic acids is 1. The standard InChI is InChI=1S/C29H23N3O5/c33-27(34)26-16-15-23(37-26)19-32-18-20(24-13-7-8-14-25(24)32)17-30-31-28(35)29(36,21-9-3-1-4-10-21)22-11-5-2-6-12-22/h1-18,36H,19H2,(H,31,35)(H,33,34)/b30-17-. The monoisotopic (exact) mass is 493 g/mol. The van der Waals surface area contributed by atoms with Crippen molar-refractivity contribution in [3.8, 4) is 0 Å². The smallest absolute Gasteiger partial charge is 0.371 e. The highest BCUT2D eigenvalue weighted by atomic mass is 16.4. The number of carboxylic acid groups (broad SMARTS) is 1. The number of nitrogens with zero attached hydrogens (tertiary/aromatic N) is 2. The van der Waals surface area contributed by atoms with Crippen molar-refractivity contribution in [2.75, 3.05) is 0 Å². The van der Waals surface area contributed by atoms with E-state index in [9.17, 15) is 14.7 Å². The first-order valence-corrected chi connectivity index (χ1v) is 11.5. The number of rotatable bonds is 8. The van der Waals surface area contributed by atoms with Crippen LogP contribution in [0.3, 0.4) is 0 Å². The van der Waals surface area contributed by atoms with Crippen LogP contribution in [0.2, 0.25) is 0 Å². The first kappa shape index (κ1) is 23.8. The summed E-state index contributed by atoms with van der Waals surface area (Å²) in [6.07, 6.45) is 3.35. The van der Waals surface area contributed by atoms with Gasteiger partial charge in [-0.25, -0.2) is 10.2 Å². The average Bonchev–Trinajstić information content (AvgIpc) is 3.55. The maximum Gasteiger partial charge on any atom is 0.371 e. The maximum absolute atomic E-state index is 13.3. The lowest BCUT2D eigenvalue weighted by atomic mass is 9.85. The summed E-state index contributed by atoms with van der Waals surface area (Å²) in [6.45, 7) is 0.315. The Bertz CT molecular complexity index is 1550. The molecule has 0 atom stereocenters. The van der Waals surface area contributed by atoms with Crippen LogP contribution in [-0.4, -0.2) is 32.9 Å². The summed E-state index contributed by atoms with van der Waals surface area (Å²) < 4.78 is 7.31. The molecule has 0 saturated heterocycles. The number of aliphatic hydroxyl groups is 1. The molecule has 5 aromatic rings. The Hall–Kier alpha value is -4.95. The van der Waals surface area contributed by atoms with Crippen molar-refractivity contribution in [2.45, 2.75) is 12.1 Å². The molecule has 0 fully saturated rings. The van der Waals surface area contributed by atoms with Gasteiger partial charge >= 0.3 is 5.97 Å². The number of hydrogen-bond acceptors (Lipinski definition) is 5. The van der Waals surface area contributed by atoms with Gasteiger partial charge in [0.25, 0.3) is 5.91 Å². The number of benzene rings is 3. The molecule has 1 amide bonds. The first-order valence-electron chi connectivity index (χ1n) is 11.5. The molecule has 0 unspecified atom stereocenters. The molecule has 37 heavy (non-hydrogen) atoms. The van der Waals surface area contributed by atoms with Gasteiger partial charge in [0, 0.05) is 22.7 Å². The van der Waals surface area contributed by atoms with Crippen molar-refractivity contribution >= 4 is 29.0 Å². The lowest BCUT2D eigenvalue weighted by Gasteiger charge is -2.27. The number of fused-ring (bicyclic) bond motifs is 1. The Morgan fingerprint density at radius 3 is 2.14 bits per heavy atom. The second-order valence-electron chi connectivity index (χ2n) is 8.44. The number of amides is 1. The SMILES string of the molecule is O=C(O)c1ccc(Cn2cc(/C=N\NC(=O)C(O)(c3ccccc3)c3ccccc3)c3ccccc32)o1. The molecule has 8 heteroatoms. The van der Waals surface area contributed by atoms with Crippen molar-refractivity contribution in [1.82, 2.24) is 9.99 Å². The second kappa shape index (κ2) is 9.96. The average molecular weight is 494 g/mol. The van der Waals surface area contributed by atoms with Crippen LogP contribution in [0.15, 0.2) is 113 Å². The number of nitrogens with one attached hydrogen (secondary N) is 1. The largest absolute Gasteiger partial charge is 0.475 e. The van der Waals surface area contributed by atoms with Crippen LogP contribution in [0.25, 0.3) is 10.9 Å². The van der Waals surface area contributed by atoms with Crippen LogP contribution in [0.4, 0.5) is 0 Å². The van der Waals surface area contributed by atoms with Gasteiger partial charge in [-0.05, 0) is 29.3 Å². The summed E-state index contributed by atoms with van der Waals surface area (Å²) >= 11 is 0. The van der Waals surface area contributed by atoms with E-state index in [0.29, 0.717) is 23.4 Å². The molecule has 0 aliphatic heterocycles. The van der Waals surface area contributed by atoms with E-state index in [0.717, 1.165) is 16.5 Å². The van der Waals surface area contributed by atoms with Crippen LogP contribution in [0.5, 0.6) is 0 Å². The third kappa shape index (κ3) is 4.65. The molecule has 2 aromatic heterocycles. The van der Waals surface area contributed by atoms with Gasteiger partial charge in [0.15, 0.2) is 5.60 Å². The normalized spacial score (nSPS) is 11.7. The third-order valence-electron chi connectivity index (χ3n) is 6.10. The van der Waals surface area contributed by atoms with Crippen LogP contribution < -0.4 is 5.43 Å². The first-order chi connectivity index (χ1) is 18.0. The van der Waals surface area contributed by atoms with Crippen molar-refractivity contribution in [3.05, 3.63) is 131 Å². The van der Waals surface area contributed by atoms with Gasteiger partial charge in [-0.3, -0.25) is 4.79 Å². The Morgan fingerprint density at radius 1 is 0.892 bits per heavy atom. The number of aromatic carboxylic acids is 1. The fraction of sp³-hybridized carbons (Fsp3) is 0.0690. The predicted molar refractivity (Wildman–Crippen MR) is 138 cm³/mol. The molecule has 0 aliphatic carbocycles. The number of hydrazone groups is 1. The molecule has 0 saturated carbocycles. The van der Waals surface area contributed by atoms with Crippen LogP contribution in [0.1, 0.15) is 33.0 Å². The Balaban J connectivity index is 1.42. The molecule has 3 N–H and O–H groups in total. The zero-order valence-electron chi connectivity index (χ0n) is 19.6. The molecule has 0 spiro atoms. The lowest BCUT2D eigenvalue weighted by molar-refractivity contribution is -0.136. The van der Waals surface area contributed by atoms with E-state index < -0.39 is 17.5 Å². The van der Waals surface area contributed by atoms with Gasteiger partial charge in [-0.15, -0.1) is 0 Å². The molecule has 2 heterocycles. The van der Waals surface area contributed by atoms with Crippen LogP contribution in [-0.2, 0) is 16.9 Å². The molecular weight excluding hydrogens is 470 g/mol. The minimum atomic E-state index is -1.94. The summed E-state index contributed by atoms with van der Waals surface area (Å²) in [7, 11) is 0. The minimum absolute atomic E-state index is 0.125. The highest BCUT2D eigenvalue weighted by molar-refractivity contribution is 6.00. The molecule has 5 rings (SSSR count). The predicted octanol–water partition coefficient (Wildman–Crippen LogP) is 4.37. The summed E-state index contributed by atoms with van der Waals surface area (Å²) in [5.74, 6) is -1.45. The van der Waals surface area contributed by atoms with Gasteiger partial charge < -0.3 is 19.2 Å². The fourth-order valence-electron chi connectivity index (χ4n) is 4.28. The number of aromatic nitrogens is 1. The van der Waals surface area contributed by atoms with Crippen molar-refractivity contribution in [3.63, 3.8) is 0 Å². The van der Waals surface area contributed by atoms with E-state index in [2.05, 4.69) is 10.5 Å². The molecule has 184 valence electrons. The van der Waals surface area contributed by atoms with Gasteiger partial charge in [-0.2, -0.15) is 5.10 Å². The summed E-state index contributed by atoms with van der Waals surface area (Å²) in [5.41, 5.74) is 3.01. The van der Waals surface area contributed by atoms with Crippen molar-refractivity contribution < 1.29 is 24.2 Å². The van der Waals surface area contributed by atoms with Crippen LogP contribution >= 0.6 is 0 Å². The summed E-state index contributed by atoms with van der Waals surface area (Å²) in [5, 5.41) is 25.7. The molecule has 8 nitrogen and oxygen atoms in total. The van der Waals surface area contributed by atoms with Crippen LogP contribution in [0, 0.1) is 0 Å². The van der Waals surface area contributed by atoms with E-state index in [4.69, 9.17) is 9.52 Å². The van der Waals surface area contributed by atoms with E-state index in [-0.39, 0.29) is 5.76 Å². The Labute approximate surface area is 212 Å². The second-order valence-corrected chi connectivity index (χ2v) is 8.44. The van der Waals surface area contributed by atoms with Gasteiger partial charge in [0.1, 0.15) is 5.76 Å². The number of furan rings is 1. The fourth-order valence-corrected chi connectivity index (χ4v) is 4.28. The molecular formula is C29H23N3O5. The number of carbonyl (C=O) groups is 2. The molecule has 0 aliphatic rings. The highest BCUT2D eigenvalue weighted by Gasteiger charge is 2.39. The molecule has 0 radical (unpaired) electrons. The quantitative estimate of drug-likeness (QED) is 0.219. The molecule has 0 bridgehead atoms. The maximum atomic E-state index is 13.3. The number of para-hydroxylation sites is 1. The van der Waals surface area contributed by atoms with E-state index in [1.807, 2.05) is 47.2 Å². The highest BCUT2D eigenvalue weighted by Crippen LogP contribution is 2.30. The Morgan fingerprint density at radius 2 is 1.51 bits per heavy atom. The lowest BCUT2D eigenvalue weighted by Crippen LogP contribution is -2.43. The Kier molecular flexibility index (Phi) is 6.40. The minimum Gasteiger partial charge on any atom is -0.475 e. The van der Waals surface area contributed by atoms with Crippen molar-refractivity contribution in [2.24, 2.45) is 5.10 Å². The van der Waals surface area contributed by atoms with E-state index in [1.54, 1.807) is 54.6 Å². The summed E-state index contributed by atoms with van der Waals surface area (Å²) in [6, 6.07) is 28.1. The van der Waals surface area contributed by atoms with Crippen molar-refractivity contribution in [1.29, 1.82) is 0 Å². The van der Waals surface area contributed by atoms with E-state index in [1.165, 1.54) is 12.3 Å². The number of carboxylic acids is 1. The third-order valence-corrected chi connectivity index (χ3v) is 6.10. The van der Waals surface area contributed by atoms with Gasteiger partial charge in [0.2, 0.25) is 5.76 Å². The number of hydrogen-bond donors (Lipinski definition) is 3.